The summed E-state index contributed by atoms with van der Waals surface area (Å²) in [5.74, 6) is 4.79. The van der Waals surface area contributed by atoms with E-state index in [1.54, 1.807) is 0 Å². The predicted octanol–water partition coefficient (Wildman–Crippen LogP) is 2.56. The molecule has 2 N–H and O–H groups in total. The van der Waals surface area contributed by atoms with Gasteiger partial charge in [0.1, 0.15) is 0 Å². The average Bonchev–Trinajstić information content (AvgIpc) is 2.85. The lowest BCUT2D eigenvalue weighted by Crippen LogP contribution is -2.20. The maximum absolute atomic E-state index is 5.69. The van der Waals surface area contributed by atoms with Crippen molar-refractivity contribution in [2.75, 3.05) is 12.3 Å². The predicted molar refractivity (Wildman–Crippen MR) is 69.9 cm³/mol. The summed E-state index contributed by atoms with van der Waals surface area (Å²) in [4.78, 5) is 4.49. The number of rotatable bonds is 5. The first-order chi connectivity index (χ1) is 8.33. The van der Waals surface area contributed by atoms with Crippen LogP contribution in [0.3, 0.4) is 0 Å². The van der Waals surface area contributed by atoms with Crippen molar-refractivity contribution in [3.63, 3.8) is 0 Å². The maximum Gasteiger partial charge on any atom is 0.229 e. The van der Waals surface area contributed by atoms with E-state index in [1.165, 1.54) is 12.8 Å². The molecule has 0 amide bonds. The molecule has 0 aromatic carbocycles. The van der Waals surface area contributed by atoms with E-state index < -0.39 is 0 Å². The van der Waals surface area contributed by atoms with Crippen molar-refractivity contribution in [2.45, 2.75) is 44.3 Å². The fourth-order valence-electron chi connectivity index (χ4n) is 2.33. The third kappa shape index (κ3) is 3.45. The zero-order valence-corrected chi connectivity index (χ0v) is 11.2. The van der Waals surface area contributed by atoms with Crippen molar-refractivity contribution in [1.29, 1.82) is 0 Å². The van der Waals surface area contributed by atoms with Crippen LogP contribution in [0.4, 0.5) is 0 Å². The minimum atomic E-state index is 0.464. The van der Waals surface area contributed by atoms with Gasteiger partial charge in [-0.25, -0.2) is 0 Å². The first-order valence-corrected chi connectivity index (χ1v) is 7.59. The van der Waals surface area contributed by atoms with Gasteiger partial charge in [0.15, 0.2) is 5.82 Å². The van der Waals surface area contributed by atoms with Gasteiger partial charge < -0.3 is 10.3 Å². The van der Waals surface area contributed by atoms with Crippen LogP contribution in [-0.4, -0.2) is 22.4 Å². The molecule has 0 aliphatic heterocycles. The van der Waals surface area contributed by atoms with Gasteiger partial charge in [-0.1, -0.05) is 12.1 Å². The van der Waals surface area contributed by atoms with Gasteiger partial charge in [0.05, 0.1) is 5.75 Å². The van der Waals surface area contributed by atoms with Gasteiger partial charge in [-0.2, -0.15) is 16.7 Å². The molecule has 1 heterocycles. The average molecular weight is 255 g/mol. The molecule has 5 heteroatoms. The molecule has 1 aliphatic carbocycles. The minimum Gasteiger partial charge on any atom is -0.339 e. The summed E-state index contributed by atoms with van der Waals surface area (Å²) in [6.07, 6.45) is 4.68. The standard InChI is InChI=1S/C12H21N3OS/c1-2-17-8-11-14-12(16-15-11)10-5-3-9(7-13)4-6-10/h9-10H,2-8,13H2,1H3. The second-order valence-corrected chi connectivity index (χ2v) is 5.91. The van der Waals surface area contributed by atoms with Crippen molar-refractivity contribution in [1.82, 2.24) is 10.1 Å². The Bertz CT molecular complexity index is 334. The van der Waals surface area contributed by atoms with Gasteiger partial charge in [0.25, 0.3) is 0 Å². The molecule has 0 bridgehead atoms. The lowest BCUT2D eigenvalue weighted by Gasteiger charge is -2.24. The second-order valence-electron chi connectivity index (χ2n) is 4.64. The number of hydrogen-bond donors (Lipinski definition) is 1. The normalized spacial score (nSPS) is 25.1. The molecule has 2 rings (SSSR count). The van der Waals surface area contributed by atoms with Crippen LogP contribution < -0.4 is 5.73 Å². The van der Waals surface area contributed by atoms with Crippen LogP contribution in [0.15, 0.2) is 4.52 Å². The van der Waals surface area contributed by atoms with Crippen LogP contribution in [0, 0.1) is 5.92 Å². The summed E-state index contributed by atoms with van der Waals surface area (Å²) in [5.41, 5.74) is 5.69. The third-order valence-corrected chi connectivity index (χ3v) is 4.32. The first kappa shape index (κ1) is 12.9. The summed E-state index contributed by atoms with van der Waals surface area (Å²) >= 11 is 1.82. The highest BCUT2D eigenvalue weighted by Gasteiger charge is 2.25. The molecular weight excluding hydrogens is 234 g/mol. The second kappa shape index (κ2) is 6.40. The summed E-state index contributed by atoms with van der Waals surface area (Å²) in [6.45, 7) is 2.95. The van der Waals surface area contributed by atoms with Crippen LogP contribution in [0.1, 0.15) is 50.2 Å². The monoisotopic (exact) mass is 255 g/mol. The molecule has 4 nitrogen and oxygen atoms in total. The number of hydrogen-bond acceptors (Lipinski definition) is 5. The molecule has 1 aromatic heterocycles. The van der Waals surface area contributed by atoms with Crippen LogP contribution >= 0.6 is 11.8 Å². The minimum absolute atomic E-state index is 0.464. The van der Waals surface area contributed by atoms with Crippen LogP contribution in [0.5, 0.6) is 0 Å². The molecule has 0 radical (unpaired) electrons. The van der Waals surface area contributed by atoms with Gasteiger partial charge in [-0.05, 0) is 43.9 Å². The van der Waals surface area contributed by atoms with Gasteiger partial charge in [0, 0.05) is 5.92 Å². The van der Waals surface area contributed by atoms with Gasteiger partial charge in [-0.3, -0.25) is 0 Å². The molecule has 1 aliphatic rings. The van der Waals surface area contributed by atoms with E-state index in [1.807, 2.05) is 11.8 Å². The zero-order valence-electron chi connectivity index (χ0n) is 10.4. The number of thioether (sulfide) groups is 1. The van der Waals surface area contributed by atoms with Crippen molar-refractivity contribution in [3.05, 3.63) is 11.7 Å². The Kier molecular flexibility index (Phi) is 4.86. The van der Waals surface area contributed by atoms with Crippen molar-refractivity contribution in [3.8, 4) is 0 Å². The van der Waals surface area contributed by atoms with Gasteiger partial charge in [-0.15, -0.1) is 0 Å². The number of nitrogens with two attached hydrogens (primary N) is 1. The Hall–Kier alpha value is -0.550. The Balaban J connectivity index is 1.87. The smallest absolute Gasteiger partial charge is 0.229 e. The van der Waals surface area contributed by atoms with E-state index >= 15 is 0 Å². The Morgan fingerprint density at radius 2 is 2.12 bits per heavy atom. The first-order valence-electron chi connectivity index (χ1n) is 6.43. The topological polar surface area (TPSA) is 64.9 Å². The van der Waals surface area contributed by atoms with Crippen LogP contribution in [0.25, 0.3) is 0 Å². The summed E-state index contributed by atoms with van der Waals surface area (Å²) in [5, 5.41) is 4.04. The summed E-state index contributed by atoms with van der Waals surface area (Å²) < 4.78 is 5.36. The third-order valence-electron chi connectivity index (χ3n) is 3.45. The quantitative estimate of drug-likeness (QED) is 0.876. The molecule has 1 fully saturated rings. The fourth-order valence-corrected chi connectivity index (χ4v) is 2.83. The van der Waals surface area contributed by atoms with Crippen LogP contribution in [-0.2, 0) is 5.75 Å². The molecule has 0 spiro atoms. The molecule has 0 saturated heterocycles. The Morgan fingerprint density at radius 3 is 2.76 bits per heavy atom. The molecule has 96 valence electrons. The van der Waals surface area contributed by atoms with E-state index in [2.05, 4.69) is 17.1 Å². The summed E-state index contributed by atoms with van der Waals surface area (Å²) in [7, 11) is 0. The lowest BCUT2D eigenvalue weighted by atomic mass is 9.82. The SMILES string of the molecule is CCSCc1noc(C2CCC(CN)CC2)n1. The molecule has 1 saturated carbocycles. The highest BCUT2D eigenvalue weighted by Crippen LogP contribution is 2.34. The number of aromatic nitrogens is 2. The molecule has 0 unspecified atom stereocenters. The molecule has 1 aromatic rings. The largest absolute Gasteiger partial charge is 0.339 e. The van der Waals surface area contributed by atoms with Crippen molar-refractivity contribution < 1.29 is 4.52 Å². The molecular formula is C12H21N3OS. The van der Waals surface area contributed by atoms with Crippen molar-refractivity contribution in [2.24, 2.45) is 11.7 Å². The van der Waals surface area contributed by atoms with Crippen LogP contribution in [0.2, 0.25) is 0 Å². The highest BCUT2D eigenvalue weighted by molar-refractivity contribution is 7.98. The highest BCUT2D eigenvalue weighted by atomic mass is 32.2. The zero-order chi connectivity index (χ0) is 12.1. The molecule has 0 atom stereocenters. The number of nitrogens with zero attached hydrogens (tertiary/aromatic N) is 2. The fraction of sp³-hybridized carbons (Fsp3) is 0.833. The van der Waals surface area contributed by atoms with Gasteiger partial charge in [0.2, 0.25) is 5.89 Å². The van der Waals surface area contributed by atoms with Gasteiger partial charge >= 0.3 is 0 Å². The van der Waals surface area contributed by atoms with E-state index in [0.717, 1.165) is 42.6 Å². The lowest BCUT2D eigenvalue weighted by molar-refractivity contribution is 0.274. The van der Waals surface area contributed by atoms with E-state index in [4.69, 9.17) is 10.3 Å². The maximum atomic E-state index is 5.69. The Labute approximate surface area is 107 Å². The molecule has 17 heavy (non-hydrogen) atoms. The van der Waals surface area contributed by atoms with E-state index in [9.17, 15) is 0 Å². The van der Waals surface area contributed by atoms with Crippen molar-refractivity contribution >= 4 is 11.8 Å². The Morgan fingerprint density at radius 1 is 1.35 bits per heavy atom. The van der Waals surface area contributed by atoms with E-state index in [0.29, 0.717) is 11.8 Å². The van der Waals surface area contributed by atoms with E-state index in [-0.39, 0.29) is 0 Å². The summed E-state index contributed by atoms with van der Waals surface area (Å²) in [6, 6.07) is 0.